The maximum absolute atomic E-state index is 12.4. The molecule has 3 saturated heterocycles. The van der Waals surface area contributed by atoms with Gasteiger partial charge in [-0.05, 0) is 0 Å². The van der Waals surface area contributed by atoms with Crippen LogP contribution in [0.2, 0.25) is 0 Å². The number of carboxylic acid groups (broad SMARTS) is 2. The van der Waals surface area contributed by atoms with Gasteiger partial charge in [-0.1, -0.05) is 0 Å². The highest BCUT2D eigenvalue weighted by molar-refractivity contribution is 6.27. The molecule has 4 aliphatic rings. The molecular formula is C14H15N3O6. The lowest BCUT2D eigenvalue weighted by Crippen LogP contribution is -2.29. The van der Waals surface area contributed by atoms with E-state index in [0.717, 1.165) is 39.3 Å². The molecule has 1 aliphatic carbocycles. The van der Waals surface area contributed by atoms with Gasteiger partial charge >= 0.3 is 11.9 Å². The van der Waals surface area contributed by atoms with Gasteiger partial charge in [-0.3, -0.25) is 9.59 Å². The Balaban J connectivity index is 0.000000227. The van der Waals surface area contributed by atoms with Crippen LogP contribution in [-0.4, -0.2) is 87.7 Å². The highest BCUT2D eigenvalue weighted by atomic mass is 16.4. The molecule has 0 aromatic rings. The summed E-state index contributed by atoms with van der Waals surface area (Å²) < 4.78 is 0. The topological polar surface area (TPSA) is 118 Å². The van der Waals surface area contributed by atoms with Crippen molar-refractivity contribution < 1.29 is 29.4 Å². The Morgan fingerprint density at radius 1 is 0.783 bits per heavy atom. The predicted molar refractivity (Wildman–Crippen MR) is 75.1 cm³/mol. The first-order valence-corrected chi connectivity index (χ1v) is 7.16. The summed E-state index contributed by atoms with van der Waals surface area (Å²) in [5, 5.41) is 14.8. The standard InChI is InChI=1S/C12H13N3O2.C2H2O4/c16-9-7-8(13-1-2-13)12(17)11(15-5-6-15)10(9)14-3-4-14;3-1(4)2(5)6/h7H,1-6H2;(H,3,4)(H,5,6). The van der Waals surface area contributed by atoms with E-state index in [1.165, 1.54) is 6.08 Å². The Bertz CT molecular complexity index is 656. The van der Waals surface area contributed by atoms with Gasteiger partial charge < -0.3 is 24.9 Å². The Morgan fingerprint density at radius 3 is 1.61 bits per heavy atom. The van der Waals surface area contributed by atoms with Crippen LogP contribution < -0.4 is 0 Å². The molecule has 3 aliphatic heterocycles. The first-order valence-electron chi connectivity index (χ1n) is 7.16. The van der Waals surface area contributed by atoms with E-state index in [-0.39, 0.29) is 11.6 Å². The van der Waals surface area contributed by atoms with Gasteiger partial charge in [0.25, 0.3) is 0 Å². The first kappa shape index (κ1) is 15.1. The molecule has 3 heterocycles. The molecule has 0 atom stereocenters. The molecule has 0 saturated carbocycles. The minimum atomic E-state index is -1.82. The molecule has 9 heteroatoms. The molecule has 3 fully saturated rings. The van der Waals surface area contributed by atoms with Crippen LogP contribution in [0.4, 0.5) is 0 Å². The fourth-order valence-electron chi connectivity index (χ4n) is 2.28. The number of aliphatic carboxylic acids is 2. The van der Waals surface area contributed by atoms with Crippen molar-refractivity contribution >= 4 is 23.5 Å². The number of allylic oxidation sites excluding steroid dienone is 1. The molecule has 0 spiro atoms. The van der Waals surface area contributed by atoms with Crippen molar-refractivity contribution in [2.45, 2.75) is 0 Å². The van der Waals surface area contributed by atoms with E-state index in [9.17, 15) is 9.59 Å². The molecule has 23 heavy (non-hydrogen) atoms. The largest absolute Gasteiger partial charge is 0.473 e. The lowest BCUT2D eigenvalue weighted by atomic mass is 10.0. The molecule has 0 radical (unpaired) electrons. The van der Waals surface area contributed by atoms with E-state index in [1.807, 2.05) is 14.7 Å². The van der Waals surface area contributed by atoms with Crippen molar-refractivity contribution in [2.75, 3.05) is 39.3 Å². The van der Waals surface area contributed by atoms with E-state index in [0.29, 0.717) is 17.1 Å². The molecule has 122 valence electrons. The Morgan fingerprint density at radius 2 is 1.22 bits per heavy atom. The van der Waals surface area contributed by atoms with E-state index < -0.39 is 11.9 Å². The van der Waals surface area contributed by atoms with Crippen LogP contribution in [0.3, 0.4) is 0 Å². The lowest BCUT2D eigenvalue weighted by molar-refractivity contribution is -0.159. The van der Waals surface area contributed by atoms with Crippen molar-refractivity contribution in [2.24, 2.45) is 0 Å². The number of carbonyl (C=O) groups is 4. The SMILES string of the molecule is O=C(O)C(=O)O.O=C1C=C(N2CC2)C(=O)C(N2CC2)=C1N1CC1. The van der Waals surface area contributed by atoms with Crippen LogP contribution in [0.5, 0.6) is 0 Å². The average molecular weight is 321 g/mol. The van der Waals surface area contributed by atoms with E-state index >= 15 is 0 Å². The molecule has 0 aromatic carbocycles. The Kier molecular flexibility index (Phi) is 3.55. The third-order valence-electron chi connectivity index (χ3n) is 3.67. The maximum Gasteiger partial charge on any atom is 0.414 e. The van der Waals surface area contributed by atoms with Gasteiger partial charge in [0.15, 0.2) is 0 Å². The zero-order chi connectivity index (χ0) is 16.7. The van der Waals surface area contributed by atoms with Crippen LogP contribution in [0.1, 0.15) is 0 Å². The quantitative estimate of drug-likeness (QED) is 0.357. The van der Waals surface area contributed by atoms with E-state index in [4.69, 9.17) is 19.8 Å². The molecular weight excluding hydrogens is 306 g/mol. The number of Topliss-reactive ketones (excluding diaryl/α,β-unsaturated/α-hetero) is 1. The van der Waals surface area contributed by atoms with Crippen LogP contribution in [-0.2, 0) is 19.2 Å². The molecule has 4 rings (SSSR count). The molecule has 9 nitrogen and oxygen atoms in total. The number of nitrogens with zero attached hydrogens (tertiary/aromatic N) is 3. The van der Waals surface area contributed by atoms with Crippen LogP contribution in [0.15, 0.2) is 23.2 Å². The number of hydrogen-bond acceptors (Lipinski definition) is 7. The van der Waals surface area contributed by atoms with Crippen LogP contribution >= 0.6 is 0 Å². The summed E-state index contributed by atoms with van der Waals surface area (Å²) >= 11 is 0. The second-order valence-corrected chi connectivity index (χ2v) is 5.49. The molecule has 2 N–H and O–H groups in total. The summed E-state index contributed by atoms with van der Waals surface area (Å²) in [6, 6.07) is 0. The zero-order valence-corrected chi connectivity index (χ0v) is 12.2. The summed E-state index contributed by atoms with van der Waals surface area (Å²) in [4.78, 5) is 48.7. The van der Waals surface area contributed by atoms with Crippen molar-refractivity contribution in [3.05, 3.63) is 23.2 Å². The number of hydrogen-bond donors (Lipinski definition) is 2. The van der Waals surface area contributed by atoms with Gasteiger partial charge in [-0.15, -0.1) is 0 Å². The monoisotopic (exact) mass is 321 g/mol. The van der Waals surface area contributed by atoms with Gasteiger partial charge in [0.1, 0.15) is 11.4 Å². The summed E-state index contributed by atoms with van der Waals surface area (Å²) in [6.07, 6.45) is 1.52. The Labute approximate surface area is 131 Å². The van der Waals surface area contributed by atoms with Gasteiger partial charge in [0.05, 0.1) is 5.70 Å². The highest BCUT2D eigenvalue weighted by Gasteiger charge is 2.43. The van der Waals surface area contributed by atoms with Crippen molar-refractivity contribution in [1.82, 2.24) is 14.7 Å². The molecule has 0 aromatic heterocycles. The number of carbonyl (C=O) groups excluding carboxylic acids is 2. The van der Waals surface area contributed by atoms with E-state index in [2.05, 4.69) is 0 Å². The predicted octanol–water partition coefficient (Wildman–Crippen LogP) is -1.66. The molecule has 0 amide bonds. The van der Waals surface area contributed by atoms with Crippen molar-refractivity contribution in [3.8, 4) is 0 Å². The zero-order valence-electron chi connectivity index (χ0n) is 12.2. The second-order valence-electron chi connectivity index (χ2n) is 5.49. The smallest absolute Gasteiger partial charge is 0.414 e. The number of carboxylic acids is 2. The summed E-state index contributed by atoms with van der Waals surface area (Å²) in [6.45, 7) is 5.41. The maximum atomic E-state index is 12.4. The van der Waals surface area contributed by atoms with Gasteiger partial charge in [-0.2, -0.15) is 0 Å². The minimum absolute atomic E-state index is 0.00546. The molecule has 0 bridgehead atoms. The number of rotatable bonds is 3. The van der Waals surface area contributed by atoms with Crippen molar-refractivity contribution in [3.63, 3.8) is 0 Å². The normalized spacial score (nSPS) is 21.6. The van der Waals surface area contributed by atoms with Gasteiger partial charge in [0.2, 0.25) is 11.6 Å². The van der Waals surface area contributed by atoms with Crippen LogP contribution in [0.25, 0.3) is 0 Å². The van der Waals surface area contributed by atoms with Crippen LogP contribution in [0, 0.1) is 0 Å². The average Bonchev–Trinajstić information content (AvgIpc) is 3.36. The van der Waals surface area contributed by atoms with Gasteiger partial charge in [0, 0.05) is 45.3 Å². The van der Waals surface area contributed by atoms with E-state index in [1.54, 1.807) is 0 Å². The third kappa shape index (κ3) is 3.17. The summed E-state index contributed by atoms with van der Waals surface area (Å²) in [7, 11) is 0. The summed E-state index contributed by atoms with van der Waals surface area (Å²) in [5.41, 5.74) is 1.89. The fourth-order valence-corrected chi connectivity index (χ4v) is 2.28. The minimum Gasteiger partial charge on any atom is -0.473 e. The summed E-state index contributed by atoms with van der Waals surface area (Å²) in [5.74, 6) is -3.60. The number of ketones is 2. The second kappa shape index (κ2) is 5.41. The lowest BCUT2D eigenvalue weighted by Gasteiger charge is -2.21. The molecule has 0 unspecified atom stereocenters. The van der Waals surface area contributed by atoms with Crippen molar-refractivity contribution in [1.29, 1.82) is 0 Å². The first-order chi connectivity index (χ1) is 10.9. The highest BCUT2D eigenvalue weighted by Crippen LogP contribution is 2.33. The van der Waals surface area contributed by atoms with Gasteiger partial charge in [-0.25, -0.2) is 9.59 Å². The Hall–Kier alpha value is -2.84. The third-order valence-corrected chi connectivity index (χ3v) is 3.67. The fraction of sp³-hybridized carbons (Fsp3) is 0.429.